The fourth-order valence-corrected chi connectivity index (χ4v) is 2.52. The van der Waals surface area contributed by atoms with Gasteiger partial charge in [0.25, 0.3) is 5.91 Å². The van der Waals surface area contributed by atoms with Gasteiger partial charge in [0.15, 0.2) is 5.82 Å². The topological polar surface area (TPSA) is 81.7 Å². The summed E-state index contributed by atoms with van der Waals surface area (Å²) >= 11 is 0. The molecule has 0 bridgehead atoms. The second-order valence-corrected chi connectivity index (χ2v) is 5.49. The van der Waals surface area contributed by atoms with Crippen LogP contribution in [0.15, 0.2) is 43.2 Å². The molecule has 8 heteroatoms. The number of rotatable bonds is 6. The average Bonchev–Trinajstić information content (AvgIpc) is 3.27. The van der Waals surface area contributed by atoms with E-state index in [1.54, 1.807) is 41.6 Å². The highest BCUT2D eigenvalue weighted by atomic mass is 16.2. The largest absolute Gasteiger partial charge is 0.334 e. The van der Waals surface area contributed by atoms with Crippen LogP contribution < -0.4 is 0 Å². The Hall–Kier alpha value is -3.03. The summed E-state index contributed by atoms with van der Waals surface area (Å²) < 4.78 is 3.69. The lowest BCUT2D eigenvalue weighted by atomic mass is 10.1. The number of benzene rings is 1. The number of carbonyl (C=O) groups excluding carboxylic acids is 1. The van der Waals surface area contributed by atoms with Gasteiger partial charge in [0.2, 0.25) is 0 Å². The van der Waals surface area contributed by atoms with Gasteiger partial charge in [-0.05, 0) is 18.6 Å². The number of nitrogens with zero attached hydrogens (tertiary/aromatic N) is 7. The molecule has 0 aliphatic rings. The van der Waals surface area contributed by atoms with Crippen molar-refractivity contribution in [3.05, 3.63) is 54.6 Å². The first-order chi connectivity index (χ1) is 11.7. The minimum Gasteiger partial charge on any atom is -0.334 e. The summed E-state index contributed by atoms with van der Waals surface area (Å²) in [5, 5.41) is 15.7. The Balaban J connectivity index is 1.83. The van der Waals surface area contributed by atoms with Crippen LogP contribution in [0, 0.1) is 0 Å². The predicted molar refractivity (Wildman–Crippen MR) is 87.5 cm³/mol. The van der Waals surface area contributed by atoms with Gasteiger partial charge in [0.1, 0.15) is 19.0 Å². The number of carbonyl (C=O) groups is 1. The molecule has 124 valence electrons. The Kier molecular flexibility index (Phi) is 4.64. The highest BCUT2D eigenvalue weighted by Crippen LogP contribution is 2.16. The smallest absolute Gasteiger partial charge is 0.256 e. The quantitative estimate of drug-likeness (QED) is 0.686. The standard InChI is InChI=1S/C16H19N7O/c1-3-8-22-12-19-20-15(22)9-21(2)16(24)13-6-4-5-7-14(13)23-10-17-18-11-23/h4-7,10-12H,3,8-9H2,1-2H3. The maximum atomic E-state index is 12.9. The van der Waals surface area contributed by atoms with Crippen molar-refractivity contribution in [3.8, 4) is 5.69 Å². The van der Waals surface area contributed by atoms with Crippen molar-refractivity contribution in [2.24, 2.45) is 0 Å². The van der Waals surface area contributed by atoms with Crippen molar-refractivity contribution >= 4 is 5.91 Å². The van der Waals surface area contributed by atoms with Gasteiger partial charge in [0, 0.05) is 13.6 Å². The normalized spacial score (nSPS) is 10.8. The molecule has 3 aromatic rings. The summed E-state index contributed by atoms with van der Waals surface area (Å²) in [6.07, 6.45) is 5.83. The molecular formula is C16H19N7O. The molecule has 0 radical (unpaired) electrons. The van der Waals surface area contributed by atoms with Crippen molar-refractivity contribution < 1.29 is 4.79 Å². The lowest BCUT2D eigenvalue weighted by molar-refractivity contribution is 0.0780. The minimum atomic E-state index is -0.0923. The monoisotopic (exact) mass is 325 g/mol. The van der Waals surface area contributed by atoms with E-state index in [0.29, 0.717) is 12.1 Å². The molecule has 24 heavy (non-hydrogen) atoms. The van der Waals surface area contributed by atoms with Gasteiger partial charge in [0.05, 0.1) is 17.8 Å². The second kappa shape index (κ2) is 7.03. The van der Waals surface area contributed by atoms with E-state index in [9.17, 15) is 4.79 Å². The van der Waals surface area contributed by atoms with Gasteiger partial charge in [-0.1, -0.05) is 19.1 Å². The van der Waals surface area contributed by atoms with Gasteiger partial charge < -0.3 is 9.47 Å². The Morgan fingerprint density at radius 2 is 1.88 bits per heavy atom. The first kappa shape index (κ1) is 15.9. The zero-order valence-electron chi connectivity index (χ0n) is 13.7. The van der Waals surface area contributed by atoms with Crippen LogP contribution in [-0.4, -0.2) is 47.4 Å². The number of hydrogen-bond acceptors (Lipinski definition) is 5. The molecule has 3 rings (SSSR count). The summed E-state index contributed by atoms with van der Waals surface area (Å²) in [4.78, 5) is 14.5. The molecule has 1 amide bonds. The first-order valence-corrected chi connectivity index (χ1v) is 7.77. The summed E-state index contributed by atoms with van der Waals surface area (Å²) in [5.74, 6) is 0.680. The Bertz CT molecular complexity index is 809. The summed E-state index contributed by atoms with van der Waals surface area (Å²) in [6, 6.07) is 7.38. The van der Waals surface area contributed by atoms with E-state index in [2.05, 4.69) is 27.3 Å². The molecule has 0 aliphatic heterocycles. The van der Waals surface area contributed by atoms with Gasteiger partial charge in [-0.3, -0.25) is 9.36 Å². The Labute approximate surface area is 139 Å². The number of hydrogen-bond donors (Lipinski definition) is 0. The maximum absolute atomic E-state index is 12.9. The number of para-hydroxylation sites is 1. The molecule has 0 saturated carbocycles. The first-order valence-electron chi connectivity index (χ1n) is 7.77. The highest BCUT2D eigenvalue weighted by Gasteiger charge is 2.18. The van der Waals surface area contributed by atoms with Gasteiger partial charge in [-0.25, -0.2) is 0 Å². The fraction of sp³-hybridized carbons (Fsp3) is 0.312. The zero-order chi connectivity index (χ0) is 16.9. The molecule has 0 unspecified atom stereocenters. The number of aromatic nitrogens is 6. The molecule has 0 fully saturated rings. The lowest BCUT2D eigenvalue weighted by Gasteiger charge is -2.19. The summed E-state index contributed by atoms with van der Waals surface area (Å²) in [5.41, 5.74) is 1.33. The van der Waals surface area contributed by atoms with E-state index in [1.165, 1.54) is 0 Å². The van der Waals surface area contributed by atoms with E-state index < -0.39 is 0 Å². The number of amides is 1. The van der Waals surface area contributed by atoms with Gasteiger partial charge in [-0.2, -0.15) is 0 Å². The maximum Gasteiger partial charge on any atom is 0.256 e. The Morgan fingerprint density at radius 1 is 1.12 bits per heavy atom. The van der Waals surface area contributed by atoms with Crippen LogP contribution in [0.3, 0.4) is 0 Å². The van der Waals surface area contributed by atoms with Crippen LogP contribution in [0.25, 0.3) is 5.69 Å². The second-order valence-electron chi connectivity index (χ2n) is 5.49. The van der Waals surface area contributed by atoms with Crippen LogP contribution in [0.1, 0.15) is 29.5 Å². The Morgan fingerprint density at radius 3 is 2.62 bits per heavy atom. The fourth-order valence-electron chi connectivity index (χ4n) is 2.52. The van der Waals surface area contributed by atoms with Crippen LogP contribution in [0.4, 0.5) is 0 Å². The molecule has 8 nitrogen and oxygen atoms in total. The van der Waals surface area contributed by atoms with Crippen LogP contribution in [-0.2, 0) is 13.1 Å². The van der Waals surface area contributed by atoms with E-state index in [4.69, 9.17) is 0 Å². The molecule has 0 atom stereocenters. The molecule has 2 heterocycles. The average molecular weight is 325 g/mol. The van der Waals surface area contributed by atoms with Crippen molar-refractivity contribution in [2.45, 2.75) is 26.4 Å². The van der Waals surface area contributed by atoms with E-state index in [1.807, 2.05) is 22.8 Å². The third-order valence-electron chi connectivity index (χ3n) is 3.72. The number of aryl methyl sites for hydroxylation is 1. The highest BCUT2D eigenvalue weighted by molar-refractivity contribution is 5.97. The third kappa shape index (κ3) is 3.17. The van der Waals surface area contributed by atoms with Crippen molar-refractivity contribution in [1.29, 1.82) is 0 Å². The molecular weight excluding hydrogens is 306 g/mol. The molecule has 2 aromatic heterocycles. The molecule has 0 aliphatic carbocycles. The van der Waals surface area contributed by atoms with Crippen LogP contribution in [0.5, 0.6) is 0 Å². The van der Waals surface area contributed by atoms with Gasteiger partial charge >= 0.3 is 0 Å². The van der Waals surface area contributed by atoms with E-state index >= 15 is 0 Å². The van der Waals surface area contributed by atoms with Crippen molar-refractivity contribution in [3.63, 3.8) is 0 Å². The molecule has 0 N–H and O–H groups in total. The predicted octanol–water partition coefficient (Wildman–Crippen LogP) is 1.54. The lowest BCUT2D eigenvalue weighted by Crippen LogP contribution is -2.28. The van der Waals surface area contributed by atoms with Crippen molar-refractivity contribution in [1.82, 2.24) is 34.4 Å². The minimum absolute atomic E-state index is 0.0923. The van der Waals surface area contributed by atoms with E-state index in [-0.39, 0.29) is 5.91 Å². The van der Waals surface area contributed by atoms with Gasteiger partial charge in [-0.15, -0.1) is 20.4 Å². The van der Waals surface area contributed by atoms with Crippen LogP contribution >= 0.6 is 0 Å². The zero-order valence-corrected chi connectivity index (χ0v) is 13.7. The van der Waals surface area contributed by atoms with E-state index in [0.717, 1.165) is 24.5 Å². The molecule has 0 spiro atoms. The molecule has 1 aromatic carbocycles. The van der Waals surface area contributed by atoms with Crippen LogP contribution in [0.2, 0.25) is 0 Å². The summed E-state index contributed by atoms with van der Waals surface area (Å²) in [6.45, 7) is 3.32. The molecule has 0 saturated heterocycles. The van der Waals surface area contributed by atoms with Crippen molar-refractivity contribution in [2.75, 3.05) is 7.05 Å². The SMILES string of the molecule is CCCn1cnnc1CN(C)C(=O)c1ccccc1-n1cnnc1. The summed E-state index contributed by atoms with van der Waals surface area (Å²) in [7, 11) is 1.76. The third-order valence-corrected chi connectivity index (χ3v) is 3.72.